The van der Waals surface area contributed by atoms with Crippen molar-refractivity contribution in [1.82, 2.24) is 4.72 Å². The highest BCUT2D eigenvalue weighted by atomic mass is 35.5. The van der Waals surface area contributed by atoms with Crippen LogP contribution in [0.15, 0.2) is 47.4 Å². The van der Waals surface area contributed by atoms with Gasteiger partial charge in [0.15, 0.2) is 18.1 Å². The van der Waals surface area contributed by atoms with Crippen molar-refractivity contribution in [3.63, 3.8) is 0 Å². The number of halogens is 1. The Morgan fingerprint density at radius 3 is 2.62 bits per heavy atom. The van der Waals surface area contributed by atoms with Crippen LogP contribution >= 0.6 is 11.6 Å². The Labute approximate surface area is 157 Å². The topological polar surface area (TPSA) is 81.7 Å². The van der Waals surface area contributed by atoms with Crippen LogP contribution in [-0.2, 0) is 21.2 Å². The molecule has 0 saturated carbocycles. The quantitative estimate of drug-likeness (QED) is 0.841. The molecule has 8 heteroatoms. The van der Waals surface area contributed by atoms with E-state index in [9.17, 15) is 13.2 Å². The second kappa shape index (κ2) is 6.81. The Balaban J connectivity index is 1.66. The summed E-state index contributed by atoms with van der Waals surface area (Å²) in [6.45, 7) is 3.47. The van der Waals surface area contributed by atoms with Gasteiger partial charge >= 0.3 is 0 Å². The molecule has 0 aliphatic carbocycles. The zero-order valence-electron chi connectivity index (χ0n) is 14.3. The SMILES string of the molecule is CC1(C)Cc2cccc(OCC(=O)NS(=O)(=O)c3ccc(Cl)cc3)c2O1. The summed E-state index contributed by atoms with van der Waals surface area (Å²) in [4.78, 5) is 12.0. The third-order valence-corrected chi connectivity index (χ3v) is 5.43. The number of ether oxygens (including phenoxy) is 2. The number of hydrogen-bond donors (Lipinski definition) is 1. The van der Waals surface area contributed by atoms with Gasteiger partial charge < -0.3 is 9.47 Å². The molecule has 6 nitrogen and oxygen atoms in total. The number of rotatable bonds is 5. The molecule has 0 atom stereocenters. The van der Waals surface area contributed by atoms with Gasteiger partial charge in [0.05, 0.1) is 4.90 Å². The van der Waals surface area contributed by atoms with Crippen molar-refractivity contribution >= 4 is 27.5 Å². The van der Waals surface area contributed by atoms with Gasteiger partial charge in [-0.3, -0.25) is 4.79 Å². The van der Waals surface area contributed by atoms with Crippen molar-refractivity contribution in [2.45, 2.75) is 30.8 Å². The summed E-state index contributed by atoms with van der Waals surface area (Å²) in [6, 6.07) is 10.9. The Bertz CT molecular complexity index is 939. The molecule has 26 heavy (non-hydrogen) atoms. The van der Waals surface area contributed by atoms with E-state index in [2.05, 4.69) is 0 Å². The minimum absolute atomic E-state index is 0.0547. The van der Waals surface area contributed by atoms with E-state index in [0.717, 1.165) is 12.0 Å². The summed E-state index contributed by atoms with van der Waals surface area (Å²) in [5.74, 6) is 0.216. The van der Waals surface area contributed by atoms with Gasteiger partial charge in [0.1, 0.15) is 5.60 Å². The fourth-order valence-corrected chi connectivity index (χ4v) is 3.79. The van der Waals surface area contributed by atoms with E-state index in [0.29, 0.717) is 16.5 Å². The molecular weight excluding hydrogens is 378 g/mol. The van der Waals surface area contributed by atoms with Crippen LogP contribution in [0.25, 0.3) is 0 Å². The second-order valence-corrected chi connectivity index (χ2v) is 8.67. The smallest absolute Gasteiger partial charge is 0.271 e. The first-order valence-electron chi connectivity index (χ1n) is 7.91. The third kappa shape index (κ3) is 4.11. The van der Waals surface area contributed by atoms with Crippen molar-refractivity contribution in [2.24, 2.45) is 0 Å². The number of hydrogen-bond acceptors (Lipinski definition) is 5. The molecule has 0 saturated heterocycles. The van der Waals surface area contributed by atoms with Crippen LogP contribution in [0.2, 0.25) is 5.02 Å². The second-order valence-electron chi connectivity index (χ2n) is 6.55. The van der Waals surface area contributed by atoms with Gasteiger partial charge in [-0.2, -0.15) is 0 Å². The zero-order chi connectivity index (χ0) is 18.9. The van der Waals surface area contributed by atoms with Crippen molar-refractivity contribution in [2.75, 3.05) is 6.61 Å². The lowest BCUT2D eigenvalue weighted by Crippen LogP contribution is -2.34. The van der Waals surface area contributed by atoms with Crippen LogP contribution in [0.3, 0.4) is 0 Å². The first kappa shape index (κ1) is 18.5. The van der Waals surface area contributed by atoms with Crippen LogP contribution in [0, 0.1) is 0 Å². The van der Waals surface area contributed by atoms with Crippen molar-refractivity contribution in [3.8, 4) is 11.5 Å². The average molecular weight is 396 g/mol. The minimum atomic E-state index is -3.98. The molecule has 1 amide bonds. The first-order chi connectivity index (χ1) is 12.2. The maximum atomic E-state index is 12.2. The summed E-state index contributed by atoms with van der Waals surface area (Å²) in [5, 5.41) is 0.402. The molecule has 0 bridgehead atoms. The Morgan fingerprint density at radius 1 is 1.23 bits per heavy atom. The predicted octanol–water partition coefficient (Wildman–Crippen LogP) is 2.94. The number of carbonyl (C=O) groups is 1. The fourth-order valence-electron chi connectivity index (χ4n) is 2.70. The molecule has 2 aromatic carbocycles. The van der Waals surface area contributed by atoms with Gasteiger partial charge in [-0.15, -0.1) is 0 Å². The number of benzene rings is 2. The number of sulfonamides is 1. The van der Waals surface area contributed by atoms with E-state index in [1.807, 2.05) is 24.6 Å². The lowest BCUT2D eigenvalue weighted by molar-refractivity contribution is -0.121. The first-order valence-corrected chi connectivity index (χ1v) is 9.77. The summed E-state index contributed by atoms with van der Waals surface area (Å²) in [6.07, 6.45) is 0.733. The highest BCUT2D eigenvalue weighted by molar-refractivity contribution is 7.90. The lowest BCUT2D eigenvalue weighted by Gasteiger charge is -2.18. The zero-order valence-corrected chi connectivity index (χ0v) is 15.9. The molecule has 1 N–H and O–H groups in total. The van der Waals surface area contributed by atoms with Gasteiger partial charge in [-0.05, 0) is 44.2 Å². The number of amides is 1. The molecule has 0 unspecified atom stereocenters. The van der Waals surface area contributed by atoms with Crippen LogP contribution in [0.5, 0.6) is 11.5 Å². The normalized spacial score (nSPS) is 15.0. The van der Waals surface area contributed by atoms with Gasteiger partial charge in [0.25, 0.3) is 15.9 Å². The summed E-state index contributed by atoms with van der Waals surface area (Å²) < 4.78 is 37.7. The summed E-state index contributed by atoms with van der Waals surface area (Å²) in [5.41, 5.74) is 0.642. The summed E-state index contributed by atoms with van der Waals surface area (Å²) in [7, 11) is -3.98. The number of nitrogens with one attached hydrogen (secondary N) is 1. The van der Waals surface area contributed by atoms with E-state index >= 15 is 0 Å². The standard InChI is InChI=1S/C18H18ClNO5S/c1-18(2)10-12-4-3-5-15(17(12)25-18)24-11-16(21)20-26(22,23)14-8-6-13(19)7-9-14/h3-9H,10-11H2,1-2H3,(H,20,21). The van der Waals surface area contributed by atoms with E-state index in [4.69, 9.17) is 21.1 Å². The molecule has 138 valence electrons. The fraction of sp³-hybridized carbons (Fsp3) is 0.278. The Kier molecular flexibility index (Phi) is 4.86. The third-order valence-electron chi connectivity index (χ3n) is 3.79. The highest BCUT2D eigenvalue weighted by Crippen LogP contribution is 2.41. The predicted molar refractivity (Wildman–Crippen MR) is 97.1 cm³/mol. The van der Waals surface area contributed by atoms with Gasteiger partial charge in [-0.25, -0.2) is 13.1 Å². The number of carbonyl (C=O) groups excluding carboxylic acids is 1. The van der Waals surface area contributed by atoms with Crippen LogP contribution in [-0.4, -0.2) is 26.5 Å². The van der Waals surface area contributed by atoms with E-state index < -0.39 is 22.5 Å². The molecule has 1 aliphatic rings. The lowest BCUT2D eigenvalue weighted by atomic mass is 10.0. The van der Waals surface area contributed by atoms with Crippen molar-refractivity contribution in [1.29, 1.82) is 0 Å². The number of fused-ring (bicyclic) bond motifs is 1. The minimum Gasteiger partial charge on any atom is -0.483 e. The Morgan fingerprint density at radius 2 is 1.92 bits per heavy atom. The molecule has 0 aromatic heterocycles. The molecule has 1 heterocycles. The van der Waals surface area contributed by atoms with Crippen LogP contribution in [0.1, 0.15) is 19.4 Å². The molecule has 1 aliphatic heterocycles. The maximum Gasteiger partial charge on any atom is 0.271 e. The van der Waals surface area contributed by atoms with E-state index in [1.54, 1.807) is 12.1 Å². The largest absolute Gasteiger partial charge is 0.483 e. The molecule has 0 radical (unpaired) electrons. The van der Waals surface area contributed by atoms with Crippen LogP contribution < -0.4 is 14.2 Å². The van der Waals surface area contributed by atoms with E-state index in [-0.39, 0.29) is 10.5 Å². The van der Waals surface area contributed by atoms with Crippen molar-refractivity contribution in [3.05, 3.63) is 53.1 Å². The monoisotopic (exact) mass is 395 g/mol. The van der Waals surface area contributed by atoms with E-state index in [1.165, 1.54) is 24.3 Å². The molecular formula is C18H18ClNO5S. The maximum absolute atomic E-state index is 12.2. The van der Waals surface area contributed by atoms with Crippen LogP contribution in [0.4, 0.5) is 0 Å². The molecule has 0 fully saturated rings. The summed E-state index contributed by atoms with van der Waals surface area (Å²) >= 11 is 5.74. The van der Waals surface area contributed by atoms with Gasteiger partial charge in [0, 0.05) is 17.0 Å². The highest BCUT2D eigenvalue weighted by Gasteiger charge is 2.32. The molecule has 0 spiro atoms. The van der Waals surface area contributed by atoms with Gasteiger partial charge in [0.2, 0.25) is 0 Å². The average Bonchev–Trinajstić information content (AvgIpc) is 2.87. The number of para-hydroxylation sites is 1. The molecule has 3 rings (SSSR count). The van der Waals surface area contributed by atoms with Crippen molar-refractivity contribution < 1.29 is 22.7 Å². The molecule has 2 aromatic rings. The van der Waals surface area contributed by atoms with Gasteiger partial charge in [-0.1, -0.05) is 23.7 Å². The Hall–Kier alpha value is -2.25.